The lowest BCUT2D eigenvalue weighted by atomic mass is 9.69. The molecule has 0 bridgehead atoms. The van der Waals surface area contributed by atoms with Crippen LogP contribution in [-0.4, -0.2) is 49.7 Å². The van der Waals surface area contributed by atoms with Crippen molar-refractivity contribution in [2.24, 2.45) is 0 Å². The standard InChI is InChI=1S/C19H21NO4/c1-21-13-4-5-19-17(24-19)10-20-6-2-3-12-7-15-16(23-11-22-15)8-14(12)18(19,20)9-13/h4-5,7-8,13,17H,2-3,6,9-11H2,1H3/t13-,17+,18-,19-/m1/s1. The van der Waals surface area contributed by atoms with E-state index in [1.54, 1.807) is 7.11 Å². The van der Waals surface area contributed by atoms with E-state index < -0.39 is 0 Å². The molecule has 0 amide bonds. The Balaban J connectivity index is 1.61. The van der Waals surface area contributed by atoms with Gasteiger partial charge in [-0.2, -0.15) is 0 Å². The maximum absolute atomic E-state index is 6.27. The van der Waals surface area contributed by atoms with Crippen molar-refractivity contribution in [3.8, 4) is 11.5 Å². The average Bonchev–Trinajstić information content (AvgIpc) is 3.02. The molecular formula is C19H21NO4. The summed E-state index contributed by atoms with van der Waals surface area (Å²) in [6.07, 6.45) is 8.07. The summed E-state index contributed by atoms with van der Waals surface area (Å²) in [5.41, 5.74) is 2.41. The fourth-order valence-corrected chi connectivity index (χ4v) is 5.49. The van der Waals surface area contributed by atoms with Gasteiger partial charge in [0.15, 0.2) is 11.5 Å². The lowest BCUT2D eigenvalue weighted by molar-refractivity contribution is -0.0221. The van der Waals surface area contributed by atoms with Gasteiger partial charge in [-0.25, -0.2) is 0 Å². The third-order valence-corrected chi connectivity index (χ3v) is 6.61. The maximum Gasteiger partial charge on any atom is 0.231 e. The molecule has 4 atom stereocenters. The number of ether oxygens (including phenoxy) is 4. The second-order valence-electron chi connectivity index (χ2n) is 7.51. The number of hydrogen-bond donors (Lipinski definition) is 0. The van der Waals surface area contributed by atoms with E-state index in [9.17, 15) is 0 Å². The van der Waals surface area contributed by atoms with E-state index in [-0.39, 0.29) is 17.2 Å². The molecule has 5 heteroatoms. The Morgan fingerprint density at radius 3 is 3.00 bits per heavy atom. The number of nitrogens with zero attached hydrogens (tertiary/aromatic N) is 1. The van der Waals surface area contributed by atoms with Gasteiger partial charge >= 0.3 is 0 Å². The summed E-state index contributed by atoms with van der Waals surface area (Å²) >= 11 is 0. The number of hydrogen-bond acceptors (Lipinski definition) is 5. The summed E-state index contributed by atoms with van der Waals surface area (Å²) in [4.78, 5) is 2.64. The van der Waals surface area contributed by atoms with E-state index in [0.29, 0.717) is 12.9 Å². The smallest absolute Gasteiger partial charge is 0.231 e. The lowest BCUT2D eigenvalue weighted by Crippen LogP contribution is -2.54. The van der Waals surface area contributed by atoms with Crippen LogP contribution in [-0.2, 0) is 21.4 Å². The van der Waals surface area contributed by atoms with Crippen molar-refractivity contribution < 1.29 is 18.9 Å². The van der Waals surface area contributed by atoms with E-state index in [1.165, 1.54) is 17.5 Å². The van der Waals surface area contributed by atoms with Gasteiger partial charge in [0.25, 0.3) is 0 Å². The second-order valence-corrected chi connectivity index (χ2v) is 7.51. The Bertz CT molecular complexity index is 762. The monoisotopic (exact) mass is 327 g/mol. The van der Waals surface area contributed by atoms with Crippen LogP contribution < -0.4 is 9.47 Å². The number of morpholine rings is 1. The SMILES string of the molecule is CO[C@@H]1C=C[C@@]23O[C@H]2CN2CCCc4cc5c(cc4[C@@]23C1)OCO5. The van der Waals surface area contributed by atoms with Gasteiger partial charge in [0, 0.05) is 20.1 Å². The van der Waals surface area contributed by atoms with Gasteiger partial charge in [0.2, 0.25) is 6.79 Å². The van der Waals surface area contributed by atoms with Gasteiger partial charge < -0.3 is 18.9 Å². The van der Waals surface area contributed by atoms with Crippen LogP contribution in [0.15, 0.2) is 24.3 Å². The third kappa shape index (κ3) is 1.43. The Hall–Kier alpha value is -1.56. The number of epoxide rings is 1. The first kappa shape index (κ1) is 13.7. The molecule has 126 valence electrons. The van der Waals surface area contributed by atoms with E-state index in [0.717, 1.165) is 37.4 Å². The molecule has 2 spiro atoms. The minimum Gasteiger partial charge on any atom is -0.454 e. The zero-order valence-electron chi connectivity index (χ0n) is 13.8. The molecule has 5 aliphatic rings. The first-order chi connectivity index (χ1) is 11.8. The fraction of sp³-hybridized carbons (Fsp3) is 0.579. The second kappa shape index (κ2) is 4.34. The number of fused-ring (bicyclic) bond motifs is 2. The summed E-state index contributed by atoms with van der Waals surface area (Å²) in [5.74, 6) is 1.75. The highest BCUT2D eigenvalue weighted by Crippen LogP contribution is 2.65. The third-order valence-electron chi connectivity index (χ3n) is 6.61. The van der Waals surface area contributed by atoms with Crippen molar-refractivity contribution in [2.45, 2.75) is 42.6 Å². The van der Waals surface area contributed by atoms with E-state index >= 15 is 0 Å². The normalized spacial score (nSPS) is 41.2. The highest BCUT2D eigenvalue weighted by Gasteiger charge is 2.77. The predicted molar refractivity (Wildman–Crippen MR) is 86.3 cm³/mol. The zero-order valence-corrected chi connectivity index (χ0v) is 13.8. The van der Waals surface area contributed by atoms with Crippen LogP contribution in [0.25, 0.3) is 0 Å². The molecule has 4 heterocycles. The lowest BCUT2D eigenvalue weighted by Gasteiger charge is -2.47. The number of methoxy groups -OCH3 is 1. The Kier molecular flexibility index (Phi) is 2.48. The van der Waals surface area contributed by atoms with Crippen molar-refractivity contribution in [3.05, 3.63) is 35.4 Å². The molecule has 2 saturated heterocycles. The van der Waals surface area contributed by atoms with Gasteiger partial charge in [0.1, 0.15) is 11.7 Å². The van der Waals surface area contributed by atoms with Crippen molar-refractivity contribution in [3.63, 3.8) is 0 Å². The van der Waals surface area contributed by atoms with Gasteiger partial charge in [-0.1, -0.05) is 6.08 Å². The fourth-order valence-electron chi connectivity index (χ4n) is 5.49. The van der Waals surface area contributed by atoms with Gasteiger partial charge in [0.05, 0.1) is 11.6 Å². The topological polar surface area (TPSA) is 43.5 Å². The Morgan fingerprint density at radius 2 is 2.12 bits per heavy atom. The molecule has 0 radical (unpaired) electrons. The van der Waals surface area contributed by atoms with Crippen molar-refractivity contribution in [1.82, 2.24) is 4.90 Å². The van der Waals surface area contributed by atoms with Crippen LogP contribution in [0.1, 0.15) is 24.0 Å². The van der Waals surface area contributed by atoms with Crippen molar-refractivity contribution >= 4 is 0 Å². The molecule has 2 fully saturated rings. The minimum atomic E-state index is -0.186. The first-order valence-corrected chi connectivity index (χ1v) is 8.85. The summed E-state index contributed by atoms with van der Waals surface area (Å²) in [6, 6.07) is 4.41. The first-order valence-electron chi connectivity index (χ1n) is 8.85. The maximum atomic E-state index is 6.27. The summed E-state index contributed by atoms with van der Waals surface area (Å²) in [5, 5.41) is 0. The van der Waals surface area contributed by atoms with E-state index in [1.807, 2.05) is 0 Å². The highest BCUT2D eigenvalue weighted by atomic mass is 16.7. The molecule has 5 nitrogen and oxygen atoms in total. The molecule has 1 aromatic rings. The predicted octanol–water partition coefficient (Wildman–Crippen LogP) is 1.98. The number of aryl methyl sites for hydroxylation is 1. The summed E-state index contributed by atoms with van der Waals surface area (Å²) in [6.45, 7) is 2.43. The summed E-state index contributed by atoms with van der Waals surface area (Å²) in [7, 11) is 1.80. The average molecular weight is 327 g/mol. The molecule has 4 aliphatic heterocycles. The van der Waals surface area contributed by atoms with Crippen LogP contribution in [0.5, 0.6) is 11.5 Å². The van der Waals surface area contributed by atoms with Crippen LogP contribution in [0.3, 0.4) is 0 Å². The Labute approximate surface area is 141 Å². The van der Waals surface area contributed by atoms with E-state index in [4.69, 9.17) is 18.9 Å². The molecule has 6 rings (SSSR count). The Morgan fingerprint density at radius 1 is 1.25 bits per heavy atom. The van der Waals surface area contributed by atoms with Crippen LogP contribution in [0.2, 0.25) is 0 Å². The van der Waals surface area contributed by atoms with Gasteiger partial charge in [-0.3, -0.25) is 4.90 Å². The highest BCUT2D eigenvalue weighted by molar-refractivity contribution is 5.56. The molecule has 24 heavy (non-hydrogen) atoms. The zero-order chi connectivity index (χ0) is 15.9. The van der Waals surface area contributed by atoms with Crippen LogP contribution in [0.4, 0.5) is 0 Å². The number of rotatable bonds is 1. The molecule has 0 N–H and O–H groups in total. The number of benzene rings is 1. The van der Waals surface area contributed by atoms with Crippen LogP contribution >= 0.6 is 0 Å². The molecule has 0 aromatic heterocycles. The summed E-state index contributed by atoms with van der Waals surface area (Å²) < 4.78 is 23.3. The largest absolute Gasteiger partial charge is 0.454 e. The van der Waals surface area contributed by atoms with Gasteiger partial charge in [-0.05, 0) is 48.7 Å². The van der Waals surface area contributed by atoms with Crippen molar-refractivity contribution in [2.75, 3.05) is 27.0 Å². The van der Waals surface area contributed by atoms with Gasteiger partial charge in [-0.15, -0.1) is 0 Å². The quantitative estimate of drug-likeness (QED) is 0.583. The minimum absolute atomic E-state index is 0.123. The molecule has 1 aliphatic carbocycles. The van der Waals surface area contributed by atoms with E-state index in [2.05, 4.69) is 29.2 Å². The molecule has 0 saturated carbocycles. The van der Waals surface area contributed by atoms with Crippen LogP contribution in [0, 0.1) is 0 Å². The molecule has 1 aromatic carbocycles. The molecule has 0 unspecified atom stereocenters. The molecular weight excluding hydrogens is 306 g/mol. The van der Waals surface area contributed by atoms with Crippen molar-refractivity contribution in [1.29, 1.82) is 0 Å².